The van der Waals surface area contributed by atoms with Crippen LogP contribution in [0.4, 0.5) is 5.82 Å². The summed E-state index contributed by atoms with van der Waals surface area (Å²) in [5.74, 6) is 1.39. The molecule has 0 atom stereocenters. The van der Waals surface area contributed by atoms with E-state index in [4.69, 9.17) is 0 Å². The van der Waals surface area contributed by atoms with Crippen LogP contribution in [0.15, 0.2) is 41.4 Å². The fraction of sp³-hybridized carbons (Fsp3) is 0.381. The van der Waals surface area contributed by atoms with Crippen LogP contribution in [-0.2, 0) is 10.0 Å². The lowest BCUT2D eigenvalue weighted by molar-refractivity contribution is 0.383. The lowest BCUT2D eigenvalue weighted by Gasteiger charge is -2.35. The van der Waals surface area contributed by atoms with E-state index in [0.717, 1.165) is 28.2 Å². The zero-order valence-corrected chi connectivity index (χ0v) is 18.5. The van der Waals surface area contributed by atoms with Gasteiger partial charge in [-0.25, -0.2) is 13.1 Å². The molecule has 1 fully saturated rings. The van der Waals surface area contributed by atoms with E-state index in [1.807, 2.05) is 64.2 Å². The van der Waals surface area contributed by atoms with Crippen LogP contribution in [0.5, 0.6) is 0 Å². The molecule has 8 nitrogen and oxygen atoms in total. The van der Waals surface area contributed by atoms with E-state index >= 15 is 0 Å². The summed E-state index contributed by atoms with van der Waals surface area (Å²) in [6, 6.07) is 9.53. The monoisotopic (exact) mass is 426 g/mol. The molecule has 1 aliphatic heterocycles. The second kappa shape index (κ2) is 7.81. The number of hydrogen-bond donors (Lipinski definition) is 0. The van der Waals surface area contributed by atoms with Crippen LogP contribution in [0.3, 0.4) is 0 Å². The highest BCUT2D eigenvalue weighted by Crippen LogP contribution is 2.26. The first-order chi connectivity index (χ1) is 14.3. The Morgan fingerprint density at radius 1 is 0.833 bits per heavy atom. The topological polar surface area (TPSA) is 84.2 Å². The SMILES string of the molecule is Cc1cc(C)c(S(=O)(=O)N2CCN(c3ccc(-n4ccc(C)n4)nn3)CC2)c(C)c1. The van der Waals surface area contributed by atoms with Gasteiger partial charge in [0.1, 0.15) is 0 Å². The van der Waals surface area contributed by atoms with Crippen LogP contribution in [0.1, 0.15) is 22.4 Å². The van der Waals surface area contributed by atoms with Crippen molar-refractivity contribution in [3.63, 3.8) is 0 Å². The highest BCUT2D eigenvalue weighted by Gasteiger charge is 2.31. The van der Waals surface area contributed by atoms with Crippen molar-refractivity contribution in [2.75, 3.05) is 31.1 Å². The Morgan fingerprint density at radius 2 is 1.43 bits per heavy atom. The fourth-order valence-electron chi connectivity index (χ4n) is 4.01. The minimum Gasteiger partial charge on any atom is -0.352 e. The van der Waals surface area contributed by atoms with E-state index in [1.165, 1.54) is 0 Å². The summed E-state index contributed by atoms with van der Waals surface area (Å²) >= 11 is 0. The second-order valence-corrected chi connectivity index (χ2v) is 9.65. The van der Waals surface area contributed by atoms with Gasteiger partial charge in [-0.15, -0.1) is 10.2 Å². The molecule has 1 saturated heterocycles. The van der Waals surface area contributed by atoms with E-state index in [0.29, 0.717) is 36.9 Å². The van der Waals surface area contributed by atoms with E-state index < -0.39 is 10.0 Å². The molecular weight excluding hydrogens is 400 g/mol. The second-order valence-electron chi connectivity index (χ2n) is 7.77. The lowest BCUT2D eigenvalue weighted by atomic mass is 10.1. The number of hydrogen-bond acceptors (Lipinski definition) is 6. The molecule has 0 unspecified atom stereocenters. The van der Waals surface area contributed by atoms with Crippen molar-refractivity contribution < 1.29 is 8.42 Å². The molecule has 9 heteroatoms. The van der Waals surface area contributed by atoms with Gasteiger partial charge in [-0.2, -0.15) is 9.40 Å². The number of nitrogens with zero attached hydrogens (tertiary/aromatic N) is 6. The van der Waals surface area contributed by atoms with E-state index in [1.54, 1.807) is 8.99 Å². The first kappa shape index (κ1) is 20.5. The van der Waals surface area contributed by atoms with Gasteiger partial charge in [-0.05, 0) is 57.0 Å². The Bertz CT molecular complexity index is 1140. The zero-order valence-electron chi connectivity index (χ0n) is 17.7. The van der Waals surface area contributed by atoms with E-state index in [-0.39, 0.29) is 0 Å². The standard InChI is InChI=1S/C21H26N6O2S/c1-15-13-16(2)21(17(3)14-15)30(28,29)26-11-9-25(10-12-26)19-5-6-20(23-22-19)27-8-7-18(4)24-27/h5-8,13-14H,9-12H2,1-4H3. The molecule has 158 valence electrons. The average Bonchev–Trinajstić information content (AvgIpc) is 3.13. The highest BCUT2D eigenvalue weighted by molar-refractivity contribution is 7.89. The fourth-order valence-corrected chi connectivity index (χ4v) is 5.85. The van der Waals surface area contributed by atoms with Gasteiger partial charge in [0.25, 0.3) is 0 Å². The first-order valence-electron chi connectivity index (χ1n) is 9.95. The smallest absolute Gasteiger partial charge is 0.243 e. The van der Waals surface area contributed by atoms with Gasteiger partial charge in [0, 0.05) is 32.4 Å². The van der Waals surface area contributed by atoms with Crippen molar-refractivity contribution in [1.82, 2.24) is 24.3 Å². The minimum atomic E-state index is -3.53. The van der Waals surface area contributed by atoms with Crippen molar-refractivity contribution >= 4 is 15.8 Å². The quantitative estimate of drug-likeness (QED) is 0.637. The molecule has 0 saturated carbocycles. The van der Waals surface area contributed by atoms with Crippen LogP contribution < -0.4 is 4.90 Å². The van der Waals surface area contributed by atoms with Crippen LogP contribution in [0, 0.1) is 27.7 Å². The molecule has 4 rings (SSSR count). The third kappa shape index (κ3) is 3.82. The molecule has 0 amide bonds. The maximum absolute atomic E-state index is 13.3. The predicted octanol–water partition coefficient (Wildman–Crippen LogP) is 2.41. The number of benzene rings is 1. The van der Waals surface area contributed by atoms with Crippen molar-refractivity contribution in [3.05, 3.63) is 58.9 Å². The van der Waals surface area contributed by atoms with Crippen molar-refractivity contribution in [3.8, 4) is 5.82 Å². The Kier molecular flexibility index (Phi) is 5.33. The molecule has 30 heavy (non-hydrogen) atoms. The number of anilines is 1. The molecule has 0 bridgehead atoms. The number of sulfonamides is 1. The maximum Gasteiger partial charge on any atom is 0.243 e. The molecule has 0 N–H and O–H groups in total. The summed E-state index contributed by atoms with van der Waals surface area (Å²) in [6.45, 7) is 9.59. The summed E-state index contributed by atoms with van der Waals surface area (Å²) in [7, 11) is -3.53. The third-order valence-electron chi connectivity index (χ3n) is 5.36. The minimum absolute atomic E-state index is 0.414. The Morgan fingerprint density at radius 3 is 1.97 bits per heavy atom. The van der Waals surface area contributed by atoms with Gasteiger partial charge in [0.05, 0.1) is 10.6 Å². The van der Waals surface area contributed by atoms with Gasteiger partial charge in [0.15, 0.2) is 11.6 Å². The highest BCUT2D eigenvalue weighted by atomic mass is 32.2. The normalized spacial score (nSPS) is 15.5. The Balaban J connectivity index is 1.47. The van der Waals surface area contributed by atoms with E-state index in [2.05, 4.69) is 20.2 Å². The van der Waals surface area contributed by atoms with Crippen LogP contribution in [0.25, 0.3) is 5.82 Å². The number of piperazine rings is 1. The van der Waals surface area contributed by atoms with Gasteiger partial charge in [0.2, 0.25) is 10.0 Å². The number of aryl methyl sites for hydroxylation is 4. The third-order valence-corrected chi connectivity index (χ3v) is 7.56. The predicted molar refractivity (Wildman–Crippen MR) is 116 cm³/mol. The zero-order chi connectivity index (χ0) is 21.5. The number of aromatic nitrogens is 4. The van der Waals surface area contributed by atoms with Crippen LogP contribution >= 0.6 is 0 Å². The average molecular weight is 427 g/mol. The molecular formula is C21H26N6O2S. The van der Waals surface area contributed by atoms with Crippen LogP contribution in [-0.4, -0.2) is 58.9 Å². The Labute approximate surface area is 177 Å². The molecule has 3 heterocycles. The summed E-state index contributed by atoms with van der Waals surface area (Å²) in [5, 5.41) is 12.9. The number of rotatable bonds is 4. The van der Waals surface area contributed by atoms with Gasteiger partial charge < -0.3 is 4.90 Å². The largest absolute Gasteiger partial charge is 0.352 e. The lowest BCUT2D eigenvalue weighted by Crippen LogP contribution is -2.49. The van der Waals surface area contributed by atoms with E-state index in [9.17, 15) is 8.42 Å². The molecule has 1 aromatic carbocycles. The molecule has 1 aliphatic rings. The molecule has 0 spiro atoms. The summed E-state index contributed by atoms with van der Waals surface area (Å²) < 4.78 is 29.8. The molecule has 3 aromatic rings. The first-order valence-corrected chi connectivity index (χ1v) is 11.4. The maximum atomic E-state index is 13.3. The van der Waals surface area contributed by atoms with Gasteiger partial charge in [-0.1, -0.05) is 17.7 Å². The molecule has 0 aliphatic carbocycles. The van der Waals surface area contributed by atoms with Crippen LogP contribution in [0.2, 0.25) is 0 Å². The summed E-state index contributed by atoms with van der Waals surface area (Å²) in [6.07, 6.45) is 1.84. The Hall–Kier alpha value is -2.78. The summed E-state index contributed by atoms with van der Waals surface area (Å²) in [4.78, 5) is 2.49. The van der Waals surface area contributed by atoms with Crippen molar-refractivity contribution in [2.24, 2.45) is 0 Å². The van der Waals surface area contributed by atoms with Crippen molar-refractivity contribution in [2.45, 2.75) is 32.6 Å². The summed E-state index contributed by atoms with van der Waals surface area (Å²) in [5.41, 5.74) is 3.58. The van der Waals surface area contributed by atoms with Gasteiger partial charge >= 0.3 is 0 Å². The van der Waals surface area contributed by atoms with Crippen molar-refractivity contribution in [1.29, 1.82) is 0 Å². The molecule has 2 aromatic heterocycles. The molecule has 0 radical (unpaired) electrons. The van der Waals surface area contributed by atoms with Gasteiger partial charge in [-0.3, -0.25) is 0 Å².